The Balaban J connectivity index is 1.94. The van der Waals surface area contributed by atoms with Gasteiger partial charge in [-0.15, -0.1) is 0 Å². The van der Waals surface area contributed by atoms with Gasteiger partial charge in [-0.1, -0.05) is 25.1 Å². The molecule has 0 aliphatic rings. The molecule has 0 aliphatic carbocycles. The van der Waals surface area contributed by atoms with Crippen LogP contribution in [-0.4, -0.2) is 10.9 Å². The van der Waals surface area contributed by atoms with E-state index in [4.69, 9.17) is 0 Å². The standard InChI is InChI=1S/C15H16N2O/c1-2-12-5-7-14(8-6-12)17-15(18)10-13-4-3-9-16-11-13/h3-9,11H,2,10H2,1H3,(H,17,18). The molecule has 0 fully saturated rings. The number of nitrogens with one attached hydrogen (secondary N) is 1. The number of amides is 1. The van der Waals surface area contributed by atoms with Gasteiger partial charge in [0.15, 0.2) is 0 Å². The van der Waals surface area contributed by atoms with Gasteiger partial charge in [-0.2, -0.15) is 0 Å². The van der Waals surface area contributed by atoms with E-state index in [-0.39, 0.29) is 5.91 Å². The van der Waals surface area contributed by atoms with E-state index in [1.807, 2.05) is 36.4 Å². The summed E-state index contributed by atoms with van der Waals surface area (Å²) in [5.41, 5.74) is 3.02. The van der Waals surface area contributed by atoms with Crippen molar-refractivity contribution < 1.29 is 4.79 Å². The Hall–Kier alpha value is -2.16. The van der Waals surface area contributed by atoms with Crippen LogP contribution in [0, 0.1) is 0 Å². The zero-order chi connectivity index (χ0) is 12.8. The van der Waals surface area contributed by atoms with Gasteiger partial charge in [0.25, 0.3) is 0 Å². The molecule has 0 aliphatic heterocycles. The third-order valence-electron chi connectivity index (χ3n) is 2.73. The monoisotopic (exact) mass is 240 g/mol. The van der Waals surface area contributed by atoms with Gasteiger partial charge in [0.05, 0.1) is 6.42 Å². The molecular formula is C15H16N2O. The summed E-state index contributed by atoms with van der Waals surface area (Å²) in [6.07, 6.45) is 4.76. The van der Waals surface area contributed by atoms with Gasteiger partial charge in [-0.25, -0.2) is 0 Å². The molecule has 2 rings (SSSR count). The molecule has 1 amide bonds. The predicted molar refractivity (Wildman–Crippen MR) is 72.4 cm³/mol. The first kappa shape index (κ1) is 12.3. The summed E-state index contributed by atoms with van der Waals surface area (Å²) < 4.78 is 0. The number of hydrogen-bond donors (Lipinski definition) is 1. The number of pyridine rings is 1. The summed E-state index contributed by atoms with van der Waals surface area (Å²) in [6.45, 7) is 2.11. The van der Waals surface area contributed by atoms with Crippen molar-refractivity contribution in [3.63, 3.8) is 0 Å². The summed E-state index contributed by atoms with van der Waals surface area (Å²) in [5, 5.41) is 2.87. The van der Waals surface area contributed by atoms with Gasteiger partial charge in [0.2, 0.25) is 5.91 Å². The van der Waals surface area contributed by atoms with E-state index < -0.39 is 0 Å². The van der Waals surface area contributed by atoms with Crippen molar-refractivity contribution in [1.82, 2.24) is 4.98 Å². The van der Waals surface area contributed by atoms with Crippen LogP contribution in [0.2, 0.25) is 0 Å². The maximum Gasteiger partial charge on any atom is 0.228 e. The molecule has 1 N–H and O–H groups in total. The third-order valence-corrected chi connectivity index (χ3v) is 2.73. The highest BCUT2D eigenvalue weighted by molar-refractivity contribution is 5.92. The van der Waals surface area contributed by atoms with Crippen LogP contribution >= 0.6 is 0 Å². The molecule has 1 heterocycles. The molecule has 3 heteroatoms. The first-order valence-electron chi connectivity index (χ1n) is 6.05. The number of benzene rings is 1. The SMILES string of the molecule is CCc1ccc(NC(=O)Cc2cccnc2)cc1. The molecule has 0 bridgehead atoms. The summed E-state index contributed by atoms with van der Waals surface area (Å²) >= 11 is 0. The molecule has 3 nitrogen and oxygen atoms in total. The number of anilines is 1. The molecule has 0 spiro atoms. The minimum Gasteiger partial charge on any atom is -0.326 e. The van der Waals surface area contributed by atoms with Crippen LogP contribution in [0.15, 0.2) is 48.8 Å². The van der Waals surface area contributed by atoms with Crippen molar-refractivity contribution in [2.24, 2.45) is 0 Å². The quantitative estimate of drug-likeness (QED) is 0.892. The van der Waals surface area contributed by atoms with Crippen LogP contribution in [-0.2, 0) is 17.6 Å². The lowest BCUT2D eigenvalue weighted by Crippen LogP contribution is -2.14. The molecule has 2 aromatic rings. The number of nitrogens with zero attached hydrogens (tertiary/aromatic N) is 1. The first-order valence-corrected chi connectivity index (χ1v) is 6.05. The average molecular weight is 240 g/mol. The van der Waals surface area contributed by atoms with E-state index in [0.29, 0.717) is 6.42 Å². The van der Waals surface area contributed by atoms with Crippen LogP contribution < -0.4 is 5.32 Å². The van der Waals surface area contributed by atoms with Crippen LogP contribution in [0.1, 0.15) is 18.1 Å². The van der Waals surface area contributed by atoms with Crippen LogP contribution in [0.3, 0.4) is 0 Å². The fraction of sp³-hybridized carbons (Fsp3) is 0.200. The van der Waals surface area contributed by atoms with Crippen LogP contribution in [0.4, 0.5) is 5.69 Å². The van der Waals surface area contributed by atoms with Crippen LogP contribution in [0.25, 0.3) is 0 Å². The highest BCUT2D eigenvalue weighted by atomic mass is 16.1. The molecule has 0 atom stereocenters. The number of carbonyl (C=O) groups is 1. The Morgan fingerprint density at radius 1 is 1.17 bits per heavy atom. The number of rotatable bonds is 4. The van der Waals surface area contributed by atoms with Gasteiger partial charge < -0.3 is 5.32 Å². The van der Waals surface area contributed by atoms with E-state index in [1.165, 1.54) is 5.56 Å². The fourth-order valence-corrected chi connectivity index (χ4v) is 1.72. The minimum absolute atomic E-state index is 0.0211. The molecule has 18 heavy (non-hydrogen) atoms. The van der Waals surface area contributed by atoms with E-state index in [2.05, 4.69) is 17.2 Å². The lowest BCUT2D eigenvalue weighted by molar-refractivity contribution is -0.115. The van der Waals surface area contributed by atoms with Gasteiger partial charge in [-0.05, 0) is 35.7 Å². The molecule has 0 saturated carbocycles. The second-order valence-electron chi connectivity index (χ2n) is 4.14. The minimum atomic E-state index is -0.0211. The maximum absolute atomic E-state index is 11.8. The van der Waals surface area contributed by atoms with Crippen molar-refractivity contribution in [1.29, 1.82) is 0 Å². The number of carbonyl (C=O) groups excluding carboxylic acids is 1. The highest BCUT2D eigenvalue weighted by Gasteiger charge is 2.03. The van der Waals surface area contributed by atoms with Crippen molar-refractivity contribution >= 4 is 11.6 Å². The van der Waals surface area contributed by atoms with Crippen molar-refractivity contribution in [3.8, 4) is 0 Å². The smallest absolute Gasteiger partial charge is 0.228 e. The Morgan fingerprint density at radius 2 is 1.94 bits per heavy atom. The Kier molecular flexibility index (Phi) is 4.07. The van der Waals surface area contributed by atoms with Crippen LogP contribution in [0.5, 0.6) is 0 Å². The predicted octanol–water partition coefficient (Wildman–Crippen LogP) is 2.83. The summed E-state index contributed by atoms with van der Waals surface area (Å²) in [5.74, 6) is -0.0211. The second-order valence-corrected chi connectivity index (χ2v) is 4.14. The van der Waals surface area contributed by atoms with Gasteiger partial charge >= 0.3 is 0 Å². The topological polar surface area (TPSA) is 42.0 Å². The molecule has 1 aromatic carbocycles. The molecule has 0 saturated heterocycles. The van der Waals surface area contributed by atoms with Gasteiger partial charge in [0, 0.05) is 18.1 Å². The third kappa shape index (κ3) is 3.42. The van der Waals surface area contributed by atoms with E-state index >= 15 is 0 Å². The Bertz CT molecular complexity index is 506. The van der Waals surface area contributed by atoms with Crippen molar-refractivity contribution in [2.75, 3.05) is 5.32 Å². The van der Waals surface area contributed by atoms with E-state index in [9.17, 15) is 4.79 Å². The van der Waals surface area contributed by atoms with E-state index in [1.54, 1.807) is 12.4 Å². The highest BCUT2D eigenvalue weighted by Crippen LogP contribution is 2.10. The maximum atomic E-state index is 11.8. The van der Waals surface area contributed by atoms with Gasteiger partial charge in [-0.3, -0.25) is 9.78 Å². The lowest BCUT2D eigenvalue weighted by atomic mass is 10.1. The molecule has 0 radical (unpaired) electrons. The largest absolute Gasteiger partial charge is 0.326 e. The molecule has 0 unspecified atom stereocenters. The number of aromatic nitrogens is 1. The summed E-state index contributed by atoms with van der Waals surface area (Å²) in [4.78, 5) is 15.8. The van der Waals surface area contributed by atoms with Crippen molar-refractivity contribution in [3.05, 3.63) is 59.9 Å². The van der Waals surface area contributed by atoms with E-state index in [0.717, 1.165) is 17.7 Å². The Labute approximate surface area is 107 Å². The van der Waals surface area contributed by atoms with Crippen molar-refractivity contribution in [2.45, 2.75) is 19.8 Å². The first-order chi connectivity index (χ1) is 8.78. The zero-order valence-corrected chi connectivity index (χ0v) is 10.4. The zero-order valence-electron chi connectivity index (χ0n) is 10.4. The lowest BCUT2D eigenvalue weighted by Gasteiger charge is -2.05. The fourth-order valence-electron chi connectivity index (χ4n) is 1.72. The molecular weight excluding hydrogens is 224 g/mol. The number of aryl methyl sites for hydroxylation is 1. The van der Waals surface area contributed by atoms with Gasteiger partial charge in [0.1, 0.15) is 0 Å². The summed E-state index contributed by atoms with van der Waals surface area (Å²) in [7, 11) is 0. The molecule has 1 aromatic heterocycles. The molecule has 92 valence electrons. The normalized spacial score (nSPS) is 10.1. The Morgan fingerprint density at radius 3 is 2.56 bits per heavy atom. The average Bonchev–Trinajstić information content (AvgIpc) is 2.40. The second kappa shape index (κ2) is 5.96. The summed E-state index contributed by atoms with van der Waals surface area (Å²) in [6, 6.07) is 11.6. The number of hydrogen-bond acceptors (Lipinski definition) is 2.